The molecule has 0 saturated carbocycles. The number of alkyl halides is 6. The van der Waals surface area contributed by atoms with E-state index in [0.717, 1.165) is 0 Å². The first-order chi connectivity index (χ1) is 7.76. The van der Waals surface area contributed by atoms with Crippen molar-refractivity contribution in [1.82, 2.24) is 9.78 Å². The van der Waals surface area contributed by atoms with Crippen molar-refractivity contribution in [2.75, 3.05) is 0 Å². The highest BCUT2D eigenvalue weighted by molar-refractivity contribution is 9.10. The van der Waals surface area contributed by atoms with Gasteiger partial charge in [0.2, 0.25) is 0 Å². The van der Waals surface area contributed by atoms with Crippen molar-refractivity contribution < 1.29 is 26.3 Å². The van der Waals surface area contributed by atoms with Crippen LogP contribution in [0.25, 0.3) is 0 Å². The quantitative estimate of drug-likeness (QED) is 0.639. The molecule has 0 N–H and O–H groups in total. The van der Waals surface area contributed by atoms with Crippen molar-refractivity contribution in [2.45, 2.75) is 38.7 Å². The normalized spacial score (nSPS) is 14.1. The van der Waals surface area contributed by atoms with Crippen molar-refractivity contribution in [3.63, 3.8) is 0 Å². The monoisotopic (exact) mass is 338 g/mol. The van der Waals surface area contributed by atoms with E-state index in [2.05, 4.69) is 21.0 Å². The van der Waals surface area contributed by atoms with Gasteiger partial charge in [0.25, 0.3) is 0 Å². The third-order valence-corrected chi connectivity index (χ3v) is 2.59. The lowest BCUT2D eigenvalue weighted by Gasteiger charge is -2.24. The molecule has 0 bridgehead atoms. The maximum absolute atomic E-state index is 12.8. The first-order valence-corrected chi connectivity index (χ1v) is 5.49. The molecule has 104 valence electrons. The zero-order valence-electron chi connectivity index (χ0n) is 9.54. The van der Waals surface area contributed by atoms with Gasteiger partial charge < -0.3 is 0 Å². The van der Waals surface area contributed by atoms with Gasteiger partial charge in [0.15, 0.2) is 5.69 Å². The Morgan fingerprint density at radius 1 is 0.944 bits per heavy atom. The van der Waals surface area contributed by atoms with Crippen LogP contribution >= 0.6 is 15.9 Å². The van der Waals surface area contributed by atoms with Gasteiger partial charge in [-0.25, -0.2) is 0 Å². The molecule has 9 heteroatoms. The van der Waals surface area contributed by atoms with Crippen molar-refractivity contribution in [3.8, 4) is 0 Å². The summed E-state index contributed by atoms with van der Waals surface area (Å²) in [5.74, 6) is 0. The molecule has 0 unspecified atom stereocenters. The Kier molecular flexibility index (Phi) is 3.53. The van der Waals surface area contributed by atoms with Crippen molar-refractivity contribution in [3.05, 3.63) is 15.9 Å². The molecule has 18 heavy (non-hydrogen) atoms. The predicted molar refractivity (Wildman–Crippen MR) is 54.9 cm³/mol. The second-order valence-corrected chi connectivity index (χ2v) is 5.34. The molecule has 0 aliphatic carbocycles. The van der Waals surface area contributed by atoms with E-state index >= 15 is 0 Å². The Bertz CT molecular complexity index is 451. The number of aromatic nitrogens is 2. The minimum Gasteiger partial charge on any atom is -0.253 e. The largest absolute Gasteiger partial charge is 0.433 e. The summed E-state index contributed by atoms with van der Waals surface area (Å²) < 4.78 is 75.8. The van der Waals surface area contributed by atoms with Gasteiger partial charge in [-0.05, 0) is 36.7 Å². The highest BCUT2D eigenvalue weighted by Crippen LogP contribution is 2.45. The maximum atomic E-state index is 12.8. The molecule has 0 aliphatic heterocycles. The Morgan fingerprint density at radius 2 is 1.39 bits per heavy atom. The Hall–Kier alpha value is -0.730. The van der Waals surface area contributed by atoms with Crippen LogP contribution in [0.5, 0.6) is 0 Å². The van der Waals surface area contributed by atoms with E-state index in [-0.39, 0.29) is 0 Å². The average molecular weight is 339 g/mol. The van der Waals surface area contributed by atoms with Crippen molar-refractivity contribution in [2.24, 2.45) is 0 Å². The van der Waals surface area contributed by atoms with Gasteiger partial charge in [0.05, 0.1) is 5.54 Å². The first kappa shape index (κ1) is 15.3. The van der Waals surface area contributed by atoms with Crippen LogP contribution in [0.2, 0.25) is 0 Å². The smallest absolute Gasteiger partial charge is 0.253 e. The van der Waals surface area contributed by atoms with E-state index in [4.69, 9.17) is 0 Å². The topological polar surface area (TPSA) is 17.8 Å². The van der Waals surface area contributed by atoms with E-state index in [1.54, 1.807) is 0 Å². The summed E-state index contributed by atoms with van der Waals surface area (Å²) >= 11 is 2.44. The zero-order valence-corrected chi connectivity index (χ0v) is 11.1. The van der Waals surface area contributed by atoms with Crippen molar-refractivity contribution >= 4 is 15.9 Å². The summed E-state index contributed by atoms with van der Waals surface area (Å²) in [6.45, 7) is 4.01. The summed E-state index contributed by atoms with van der Waals surface area (Å²) in [7, 11) is 0. The summed E-state index contributed by atoms with van der Waals surface area (Å²) in [5, 5.41) is 3.31. The lowest BCUT2D eigenvalue weighted by atomic mass is 10.1. The van der Waals surface area contributed by atoms with Crippen LogP contribution in [0.3, 0.4) is 0 Å². The summed E-state index contributed by atoms with van der Waals surface area (Å²) in [5.41, 5.74) is -4.82. The first-order valence-electron chi connectivity index (χ1n) is 4.69. The molecule has 0 aromatic carbocycles. The highest BCUT2D eigenvalue weighted by atomic mass is 79.9. The lowest BCUT2D eigenvalue weighted by molar-refractivity contribution is -0.167. The second kappa shape index (κ2) is 4.14. The number of rotatable bonds is 0. The van der Waals surface area contributed by atoms with Gasteiger partial charge in [0.1, 0.15) is 10.2 Å². The average Bonchev–Trinajstić information content (AvgIpc) is 2.39. The molecule has 0 fully saturated rings. The molecule has 0 saturated heterocycles. The minimum atomic E-state index is -5.14. The molecular weight excluding hydrogens is 330 g/mol. The summed E-state index contributed by atoms with van der Waals surface area (Å²) in [6.07, 6.45) is -10.3. The molecule has 0 aliphatic rings. The molecule has 1 aromatic heterocycles. The minimum absolute atomic E-state index is 0.333. The fourth-order valence-electron chi connectivity index (χ4n) is 1.39. The molecule has 1 rings (SSSR count). The number of hydrogen-bond acceptors (Lipinski definition) is 1. The number of nitrogens with zero attached hydrogens (tertiary/aromatic N) is 2. The van der Waals surface area contributed by atoms with Crippen LogP contribution in [-0.4, -0.2) is 9.78 Å². The van der Waals surface area contributed by atoms with Crippen LogP contribution < -0.4 is 0 Å². The summed E-state index contributed by atoms with van der Waals surface area (Å²) in [6, 6.07) is 0. The van der Waals surface area contributed by atoms with E-state index in [1.807, 2.05) is 0 Å². The third kappa shape index (κ3) is 2.81. The fraction of sp³-hybridized carbons (Fsp3) is 0.667. The molecule has 1 aromatic rings. The lowest BCUT2D eigenvalue weighted by Crippen LogP contribution is -2.30. The zero-order chi connectivity index (χ0) is 14.5. The van der Waals surface area contributed by atoms with Crippen LogP contribution in [0.15, 0.2) is 4.60 Å². The van der Waals surface area contributed by atoms with Crippen LogP contribution in [0.1, 0.15) is 32.0 Å². The Balaban J connectivity index is 3.70. The highest BCUT2D eigenvalue weighted by Gasteiger charge is 2.50. The number of halogens is 7. The van der Waals surface area contributed by atoms with E-state index in [0.29, 0.717) is 4.68 Å². The molecule has 0 radical (unpaired) electrons. The number of hydrogen-bond donors (Lipinski definition) is 0. The van der Waals surface area contributed by atoms with E-state index in [9.17, 15) is 26.3 Å². The second-order valence-electron chi connectivity index (χ2n) is 4.59. The van der Waals surface area contributed by atoms with E-state index < -0.39 is 33.8 Å². The molecule has 0 amide bonds. The maximum Gasteiger partial charge on any atom is 0.433 e. The van der Waals surface area contributed by atoms with Crippen LogP contribution in [0.4, 0.5) is 26.3 Å². The van der Waals surface area contributed by atoms with Gasteiger partial charge in [-0.15, -0.1) is 0 Å². The fourth-order valence-corrected chi connectivity index (χ4v) is 1.96. The third-order valence-electron chi connectivity index (χ3n) is 2.03. The van der Waals surface area contributed by atoms with Gasteiger partial charge in [0, 0.05) is 0 Å². The van der Waals surface area contributed by atoms with Gasteiger partial charge in [-0.1, -0.05) is 0 Å². The summed E-state index contributed by atoms with van der Waals surface area (Å²) in [4.78, 5) is 0. The predicted octanol–water partition coefficient (Wildman–Crippen LogP) is 4.44. The van der Waals surface area contributed by atoms with E-state index in [1.165, 1.54) is 20.8 Å². The Labute approximate surface area is 107 Å². The van der Waals surface area contributed by atoms with Gasteiger partial charge in [-0.3, -0.25) is 4.68 Å². The molecule has 0 spiro atoms. The van der Waals surface area contributed by atoms with Crippen LogP contribution in [-0.2, 0) is 17.9 Å². The molecule has 0 atom stereocenters. The molecular formula is C9H9BrF6N2. The van der Waals surface area contributed by atoms with Crippen molar-refractivity contribution in [1.29, 1.82) is 0 Å². The SMILES string of the molecule is CC(C)(C)n1nc(Br)c(C(F)(F)F)c1C(F)(F)F. The van der Waals surface area contributed by atoms with Crippen LogP contribution in [0, 0.1) is 0 Å². The Morgan fingerprint density at radius 3 is 1.67 bits per heavy atom. The van der Waals surface area contributed by atoms with Gasteiger partial charge >= 0.3 is 12.4 Å². The molecule has 2 nitrogen and oxygen atoms in total. The standard InChI is InChI=1S/C9H9BrF6N2/c1-7(2,3)18-5(9(14,15)16)4(6(10)17-18)8(11,12)13/h1-3H3. The van der Waals surface area contributed by atoms with Gasteiger partial charge in [-0.2, -0.15) is 31.4 Å². The molecule has 1 heterocycles.